The summed E-state index contributed by atoms with van der Waals surface area (Å²) in [6, 6.07) is 7.38. The van der Waals surface area contributed by atoms with Gasteiger partial charge in [0.2, 0.25) is 0 Å². The molecular formula is C14H15N3O. The number of nitrogens with zero attached hydrogens (tertiary/aromatic N) is 2. The molecule has 0 spiro atoms. The molecule has 0 saturated heterocycles. The zero-order valence-electron chi connectivity index (χ0n) is 10.2. The molecule has 0 aliphatic rings. The van der Waals surface area contributed by atoms with E-state index in [1.807, 2.05) is 37.5 Å². The number of nitrogen functional groups attached to an aromatic ring is 1. The molecule has 1 heterocycles. The second-order valence-electron chi connectivity index (χ2n) is 4.17. The van der Waals surface area contributed by atoms with Gasteiger partial charge in [-0.3, -0.25) is 9.48 Å². The van der Waals surface area contributed by atoms with Gasteiger partial charge in [0.15, 0.2) is 5.78 Å². The lowest BCUT2D eigenvalue weighted by Crippen LogP contribution is -1.97. The molecule has 18 heavy (non-hydrogen) atoms. The van der Waals surface area contributed by atoms with Crippen molar-refractivity contribution in [3.8, 4) is 0 Å². The van der Waals surface area contributed by atoms with Crippen LogP contribution in [-0.4, -0.2) is 15.6 Å². The second kappa shape index (κ2) is 5.31. The first-order chi connectivity index (χ1) is 8.63. The number of rotatable bonds is 4. The van der Waals surface area contributed by atoms with E-state index in [2.05, 4.69) is 5.10 Å². The number of hydrogen-bond acceptors (Lipinski definition) is 3. The Hall–Kier alpha value is -2.36. The zero-order valence-corrected chi connectivity index (χ0v) is 10.2. The Kier molecular flexibility index (Phi) is 3.57. The fourth-order valence-corrected chi connectivity index (χ4v) is 1.62. The molecule has 0 saturated carbocycles. The van der Waals surface area contributed by atoms with Crippen LogP contribution in [0.4, 0.5) is 5.69 Å². The van der Waals surface area contributed by atoms with Gasteiger partial charge in [-0.05, 0) is 29.3 Å². The number of hydrogen-bond donors (Lipinski definition) is 1. The quantitative estimate of drug-likeness (QED) is 0.656. The summed E-state index contributed by atoms with van der Waals surface area (Å²) < 4.78 is 1.69. The van der Waals surface area contributed by atoms with Crippen molar-refractivity contribution in [3.05, 3.63) is 53.9 Å². The van der Waals surface area contributed by atoms with Crippen LogP contribution in [0.25, 0.3) is 6.08 Å². The molecule has 0 atom stereocenters. The summed E-state index contributed by atoms with van der Waals surface area (Å²) in [6.45, 7) is 0. The summed E-state index contributed by atoms with van der Waals surface area (Å²) in [7, 11) is 1.83. The molecule has 0 amide bonds. The molecule has 4 heteroatoms. The van der Waals surface area contributed by atoms with Gasteiger partial charge in [0.25, 0.3) is 0 Å². The Morgan fingerprint density at radius 2 is 2.11 bits per heavy atom. The van der Waals surface area contributed by atoms with Gasteiger partial charge in [0.1, 0.15) is 0 Å². The summed E-state index contributed by atoms with van der Waals surface area (Å²) in [5.74, 6) is 0.0554. The molecule has 1 aromatic heterocycles. The van der Waals surface area contributed by atoms with E-state index in [9.17, 15) is 4.79 Å². The fourth-order valence-electron chi connectivity index (χ4n) is 1.62. The van der Waals surface area contributed by atoms with Crippen LogP contribution in [0.3, 0.4) is 0 Å². The minimum atomic E-state index is 0.0554. The van der Waals surface area contributed by atoms with Crippen molar-refractivity contribution < 1.29 is 4.79 Å². The van der Waals surface area contributed by atoms with Crippen LogP contribution in [0.5, 0.6) is 0 Å². The van der Waals surface area contributed by atoms with Crippen LogP contribution in [0.2, 0.25) is 0 Å². The Morgan fingerprint density at radius 1 is 1.39 bits per heavy atom. The van der Waals surface area contributed by atoms with Crippen LogP contribution in [0.15, 0.2) is 42.7 Å². The lowest BCUT2D eigenvalue weighted by Gasteiger charge is -1.95. The molecular weight excluding hydrogens is 226 g/mol. The standard InChI is InChI=1S/C14H15N3O/c1-17-10-12(9-16-17)8-14(18)7-4-11-2-5-13(15)6-3-11/h2-7,9-10H,8,15H2,1H3/b7-4+. The SMILES string of the molecule is Cn1cc(CC(=O)/C=C/c2ccc(N)cc2)cn1. The van der Waals surface area contributed by atoms with E-state index < -0.39 is 0 Å². The molecule has 2 rings (SSSR count). The molecule has 0 aliphatic carbocycles. The van der Waals surface area contributed by atoms with E-state index in [0.717, 1.165) is 11.1 Å². The number of carbonyl (C=O) groups excluding carboxylic acids is 1. The monoisotopic (exact) mass is 241 g/mol. The molecule has 2 N–H and O–H groups in total. The number of aryl methyl sites for hydroxylation is 1. The Balaban J connectivity index is 1.96. The maximum atomic E-state index is 11.7. The van der Waals surface area contributed by atoms with Crippen LogP contribution in [0.1, 0.15) is 11.1 Å². The average Bonchev–Trinajstić information content (AvgIpc) is 2.74. The average molecular weight is 241 g/mol. The van der Waals surface area contributed by atoms with Crippen LogP contribution in [-0.2, 0) is 18.3 Å². The highest BCUT2D eigenvalue weighted by Gasteiger charge is 2.01. The molecule has 1 aromatic carbocycles. The Morgan fingerprint density at radius 3 is 2.72 bits per heavy atom. The summed E-state index contributed by atoms with van der Waals surface area (Å²) in [4.78, 5) is 11.7. The van der Waals surface area contributed by atoms with E-state index in [1.54, 1.807) is 23.0 Å². The topological polar surface area (TPSA) is 60.9 Å². The van der Waals surface area contributed by atoms with E-state index in [4.69, 9.17) is 5.73 Å². The lowest BCUT2D eigenvalue weighted by atomic mass is 10.1. The van der Waals surface area contributed by atoms with Gasteiger partial charge >= 0.3 is 0 Å². The predicted octanol–water partition coefficient (Wildman–Crippen LogP) is 1.83. The van der Waals surface area contributed by atoms with Gasteiger partial charge in [-0.15, -0.1) is 0 Å². The van der Waals surface area contributed by atoms with Crippen molar-refractivity contribution in [2.45, 2.75) is 6.42 Å². The van der Waals surface area contributed by atoms with E-state index in [1.165, 1.54) is 0 Å². The first kappa shape index (κ1) is 12.1. The number of allylic oxidation sites excluding steroid dienone is 1. The molecule has 0 unspecified atom stereocenters. The number of benzene rings is 1. The summed E-state index contributed by atoms with van der Waals surface area (Å²) in [6.07, 6.45) is 7.29. The highest BCUT2D eigenvalue weighted by Crippen LogP contribution is 2.07. The van der Waals surface area contributed by atoms with Gasteiger partial charge < -0.3 is 5.73 Å². The van der Waals surface area contributed by atoms with Gasteiger partial charge in [-0.25, -0.2) is 0 Å². The summed E-state index contributed by atoms with van der Waals surface area (Å²) >= 11 is 0. The van der Waals surface area contributed by atoms with Gasteiger partial charge in [-0.2, -0.15) is 5.10 Å². The highest BCUT2D eigenvalue weighted by molar-refractivity contribution is 5.94. The third-order valence-electron chi connectivity index (χ3n) is 2.53. The summed E-state index contributed by atoms with van der Waals surface area (Å²) in [5.41, 5.74) is 8.19. The minimum absolute atomic E-state index is 0.0554. The predicted molar refractivity (Wildman–Crippen MR) is 71.8 cm³/mol. The first-order valence-electron chi connectivity index (χ1n) is 5.67. The van der Waals surface area contributed by atoms with Crippen molar-refractivity contribution in [2.24, 2.45) is 7.05 Å². The second-order valence-corrected chi connectivity index (χ2v) is 4.17. The number of ketones is 1. The number of aromatic nitrogens is 2. The molecule has 92 valence electrons. The maximum absolute atomic E-state index is 11.7. The Labute approximate surface area is 106 Å². The van der Waals surface area contributed by atoms with E-state index in [0.29, 0.717) is 12.1 Å². The van der Waals surface area contributed by atoms with Gasteiger partial charge in [0.05, 0.1) is 6.20 Å². The lowest BCUT2D eigenvalue weighted by molar-refractivity contribution is -0.113. The first-order valence-corrected chi connectivity index (χ1v) is 5.67. The van der Waals surface area contributed by atoms with Crippen molar-refractivity contribution in [1.29, 1.82) is 0 Å². The third-order valence-corrected chi connectivity index (χ3v) is 2.53. The number of carbonyl (C=O) groups is 1. The molecule has 0 fully saturated rings. The molecule has 0 aliphatic heterocycles. The van der Waals surface area contributed by atoms with Crippen LogP contribution >= 0.6 is 0 Å². The van der Waals surface area contributed by atoms with Crippen molar-refractivity contribution in [1.82, 2.24) is 9.78 Å². The maximum Gasteiger partial charge on any atom is 0.160 e. The van der Waals surface area contributed by atoms with Crippen LogP contribution in [0, 0.1) is 0 Å². The van der Waals surface area contributed by atoms with Crippen molar-refractivity contribution in [2.75, 3.05) is 5.73 Å². The van der Waals surface area contributed by atoms with Crippen molar-refractivity contribution in [3.63, 3.8) is 0 Å². The number of nitrogens with two attached hydrogens (primary N) is 1. The fraction of sp³-hybridized carbons (Fsp3) is 0.143. The third kappa shape index (κ3) is 3.31. The number of anilines is 1. The van der Waals surface area contributed by atoms with Gasteiger partial charge in [-0.1, -0.05) is 18.2 Å². The van der Waals surface area contributed by atoms with Crippen LogP contribution < -0.4 is 5.73 Å². The molecule has 2 aromatic rings. The molecule has 0 radical (unpaired) electrons. The largest absolute Gasteiger partial charge is 0.399 e. The zero-order chi connectivity index (χ0) is 13.0. The molecule has 4 nitrogen and oxygen atoms in total. The smallest absolute Gasteiger partial charge is 0.160 e. The Bertz CT molecular complexity index is 567. The van der Waals surface area contributed by atoms with Crippen molar-refractivity contribution >= 4 is 17.5 Å². The van der Waals surface area contributed by atoms with E-state index >= 15 is 0 Å². The minimum Gasteiger partial charge on any atom is -0.399 e. The highest BCUT2D eigenvalue weighted by atomic mass is 16.1. The van der Waals surface area contributed by atoms with E-state index in [-0.39, 0.29) is 5.78 Å². The summed E-state index contributed by atoms with van der Waals surface area (Å²) in [5, 5.41) is 4.02. The van der Waals surface area contributed by atoms with Gasteiger partial charge in [0, 0.05) is 25.4 Å². The molecule has 0 bridgehead atoms. The normalized spacial score (nSPS) is 10.9.